The highest BCUT2D eigenvalue weighted by atomic mass is 35.5. The minimum absolute atomic E-state index is 0.0558. The standard InChI is InChI=1S/C15H17ClN4O/c16-12-3-5-13(6-4-12)20-9-11(7-19-20)15(21)18-8-14(17)10-1-2-10/h3-7,9-10,14H,1-2,8,17H2,(H,18,21). The zero-order chi connectivity index (χ0) is 14.8. The van der Waals surface area contributed by atoms with Crippen molar-refractivity contribution >= 4 is 17.5 Å². The molecule has 6 heteroatoms. The van der Waals surface area contributed by atoms with Gasteiger partial charge in [0.05, 0.1) is 17.4 Å². The number of carbonyl (C=O) groups excluding carboxylic acids is 1. The van der Waals surface area contributed by atoms with Gasteiger partial charge in [0.15, 0.2) is 0 Å². The molecule has 21 heavy (non-hydrogen) atoms. The molecule has 1 aromatic carbocycles. The maximum Gasteiger partial charge on any atom is 0.254 e. The van der Waals surface area contributed by atoms with Crippen LogP contribution in [0.5, 0.6) is 0 Å². The number of amides is 1. The van der Waals surface area contributed by atoms with Crippen molar-refractivity contribution in [2.24, 2.45) is 11.7 Å². The molecule has 1 atom stereocenters. The number of carbonyl (C=O) groups is 1. The second-order valence-electron chi connectivity index (χ2n) is 5.36. The van der Waals surface area contributed by atoms with Crippen LogP contribution in [0.4, 0.5) is 0 Å². The van der Waals surface area contributed by atoms with E-state index in [-0.39, 0.29) is 11.9 Å². The molecule has 0 spiro atoms. The van der Waals surface area contributed by atoms with Crippen LogP contribution in [-0.2, 0) is 0 Å². The van der Waals surface area contributed by atoms with Gasteiger partial charge >= 0.3 is 0 Å². The molecular weight excluding hydrogens is 288 g/mol. The molecule has 0 saturated heterocycles. The molecule has 1 aliphatic rings. The average Bonchev–Trinajstić information content (AvgIpc) is 3.23. The maximum absolute atomic E-state index is 12.0. The normalized spacial score (nSPS) is 15.7. The van der Waals surface area contributed by atoms with E-state index in [1.54, 1.807) is 29.2 Å². The van der Waals surface area contributed by atoms with Gasteiger partial charge in [-0.25, -0.2) is 4.68 Å². The van der Waals surface area contributed by atoms with Crippen molar-refractivity contribution in [1.29, 1.82) is 0 Å². The Bertz CT molecular complexity index is 633. The van der Waals surface area contributed by atoms with Gasteiger partial charge in [0.1, 0.15) is 0 Å². The van der Waals surface area contributed by atoms with Gasteiger partial charge in [0.2, 0.25) is 0 Å². The van der Waals surface area contributed by atoms with Crippen LogP contribution in [0.3, 0.4) is 0 Å². The van der Waals surface area contributed by atoms with Gasteiger partial charge in [-0.1, -0.05) is 11.6 Å². The molecule has 5 nitrogen and oxygen atoms in total. The fourth-order valence-electron chi connectivity index (χ4n) is 2.18. The molecule has 1 heterocycles. The smallest absolute Gasteiger partial charge is 0.254 e. The van der Waals surface area contributed by atoms with Gasteiger partial charge in [0.25, 0.3) is 5.91 Å². The van der Waals surface area contributed by atoms with E-state index in [4.69, 9.17) is 17.3 Å². The van der Waals surface area contributed by atoms with E-state index in [2.05, 4.69) is 10.4 Å². The van der Waals surface area contributed by atoms with E-state index >= 15 is 0 Å². The Kier molecular flexibility index (Phi) is 3.94. The number of nitrogens with two attached hydrogens (primary N) is 1. The van der Waals surface area contributed by atoms with Crippen molar-refractivity contribution in [2.75, 3.05) is 6.54 Å². The molecule has 1 amide bonds. The first-order valence-corrected chi connectivity index (χ1v) is 7.35. The summed E-state index contributed by atoms with van der Waals surface area (Å²) in [6.45, 7) is 0.510. The number of benzene rings is 1. The number of hydrogen-bond acceptors (Lipinski definition) is 3. The van der Waals surface area contributed by atoms with Crippen LogP contribution in [0, 0.1) is 5.92 Å². The van der Waals surface area contributed by atoms with E-state index < -0.39 is 0 Å². The molecule has 1 unspecified atom stereocenters. The second-order valence-corrected chi connectivity index (χ2v) is 5.80. The van der Waals surface area contributed by atoms with Crippen molar-refractivity contribution in [1.82, 2.24) is 15.1 Å². The van der Waals surface area contributed by atoms with E-state index in [1.165, 1.54) is 12.8 Å². The lowest BCUT2D eigenvalue weighted by atomic mass is 10.2. The quantitative estimate of drug-likeness (QED) is 0.887. The maximum atomic E-state index is 12.0. The molecule has 1 saturated carbocycles. The Hall–Kier alpha value is -1.85. The third-order valence-corrected chi connectivity index (χ3v) is 3.91. The molecule has 3 N–H and O–H groups in total. The Balaban J connectivity index is 1.63. The number of nitrogens with one attached hydrogen (secondary N) is 1. The van der Waals surface area contributed by atoms with Gasteiger partial charge in [-0.15, -0.1) is 0 Å². The summed E-state index contributed by atoms with van der Waals surface area (Å²) in [5, 5.41) is 7.71. The molecule has 1 aliphatic carbocycles. The number of rotatable bonds is 5. The minimum atomic E-state index is -0.147. The van der Waals surface area contributed by atoms with Gasteiger partial charge in [-0.2, -0.15) is 5.10 Å². The van der Waals surface area contributed by atoms with Gasteiger partial charge in [-0.3, -0.25) is 4.79 Å². The van der Waals surface area contributed by atoms with Gasteiger partial charge in [0, 0.05) is 23.8 Å². The SMILES string of the molecule is NC(CNC(=O)c1cnn(-c2ccc(Cl)cc2)c1)C1CC1. The molecular formula is C15H17ClN4O. The van der Waals surface area contributed by atoms with Crippen LogP contribution in [-0.4, -0.2) is 28.3 Å². The van der Waals surface area contributed by atoms with Gasteiger partial charge < -0.3 is 11.1 Å². The molecule has 0 aliphatic heterocycles. The van der Waals surface area contributed by atoms with Crippen molar-refractivity contribution < 1.29 is 4.79 Å². The Labute approximate surface area is 128 Å². The number of nitrogens with zero attached hydrogens (tertiary/aromatic N) is 2. The third-order valence-electron chi connectivity index (χ3n) is 3.66. The summed E-state index contributed by atoms with van der Waals surface area (Å²) < 4.78 is 1.64. The highest BCUT2D eigenvalue weighted by Crippen LogP contribution is 2.31. The zero-order valence-corrected chi connectivity index (χ0v) is 12.3. The molecule has 2 aromatic rings. The highest BCUT2D eigenvalue weighted by molar-refractivity contribution is 6.30. The van der Waals surface area contributed by atoms with E-state index in [1.807, 2.05) is 12.1 Å². The molecule has 3 rings (SSSR count). The lowest BCUT2D eigenvalue weighted by molar-refractivity contribution is 0.0950. The molecule has 1 fully saturated rings. The summed E-state index contributed by atoms with van der Waals surface area (Å²) in [4.78, 5) is 12.0. The fraction of sp³-hybridized carbons (Fsp3) is 0.333. The van der Waals surface area contributed by atoms with Crippen LogP contribution in [0.2, 0.25) is 5.02 Å². The Morgan fingerprint density at radius 1 is 1.43 bits per heavy atom. The summed E-state index contributed by atoms with van der Waals surface area (Å²) in [6.07, 6.45) is 5.59. The monoisotopic (exact) mass is 304 g/mol. The Morgan fingerprint density at radius 3 is 2.81 bits per heavy atom. The highest BCUT2D eigenvalue weighted by Gasteiger charge is 2.28. The van der Waals surface area contributed by atoms with Crippen LogP contribution >= 0.6 is 11.6 Å². The fourth-order valence-corrected chi connectivity index (χ4v) is 2.30. The lowest BCUT2D eigenvalue weighted by Crippen LogP contribution is -2.38. The first kappa shape index (κ1) is 14.1. The molecule has 1 aromatic heterocycles. The predicted molar refractivity (Wildman–Crippen MR) is 81.6 cm³/mol. The second kappa shape index (κ2) is 5.87. The zero-order valence-electron chi connectivity index (χ0n) is 11.5. The predicted octanol–water partition coefficient (Wildman–Crippen LogP) is 1.99. The van der Waals surface area contributed by atoms with Gasteiger partial charge in [-0.05, 0) is 43.0 Å². The average molecular weight is 305 g/mol. The van der Waals surface area contributed by atoms with Crippen LogP contribution in [0.15, 0.2) is 36.7 Å². The summed E-state index contributed by atoms with van der Waals surface area (Å²) in [5.41, 5.74) is 7.34. The van der Waals surface area contributed by atoms with Crippen molar-refractivity contribution in [3.05, 3.63) is 47.2 Å². The molecule has 110 valence electrons. The van der Waals surface area contributed by atoms with Crippen LogP contribution in [0.25, 0.3) is 5.69 Å². The van der Waals surface area contributed by atoms with Crippen molar-refractivity contribution in [2.45, 2.75) is 18.9 Å². The lowest BCUT2D eigenvalue weighted by Gasteiger charge is -2.10. The van der Waals surface area contributed by atoms with Crippen molar-refractivity contribution in [3.63, 3.8) is 0 Å². The van der Waals surface area contributed by atoms with E-state index in [0.29, 0.717) is 23.0 Å². The summed E-state index contributed by atoms with van der Waals surface area (Å²) in [7, 11) is 0. The topological polar surface area (TPSA) is 72.9 Å². The minimum Gasteiger partial charge on any atom is -0.350 e. The number of halogens is 1. The van der Waals surface area contributed by atoms with E-state index in [9.17, 15) is 4.79 Å². The molecule has 0 radical (unpaired) electrons. The van der Waals surface area contributed by atoms with Crippen LogP contribution < -0.4 is 11.1 Å². The number of aromatic nitrogens is 2. The largest absolute Gasteiger partial charge is 0.350 e. The van der Waals surface area contributed by atoms with E-state index in [0.717, 1.165) is 5.69 Å². The Morgan fingerprint density at radius 2 is 2.14 bits per heavy atom. The van der Waals surface area contributed by atoms with Crippen LogP contribution in [0.1, 0.15) is 23.2 Å². The molecule has 0 bridgehead atoms. The summed E-state index contributed by atoms with van der Waals surface area (Å²) in [5.74, 6) is 0.424. The first-order chi connectivity index (χ1) is 10.1. The first-order valence-electron chi connectivity index (χ1n) is 6.98. The third kappa shape index (κ3) is 3.43. The van der Waals surface area contributed by atoms with Crippen molar-refractivity contribution in [3.8, 4) is 5.69 Å². The summed E-state index contributed by atoms with van der Waals surface area (Å²) in [6, 6.07) is 7.32. The number of hydrogen-bond donors (Lipinski definition) is 2. The summed E-state index contributed by atoms with van der Waals surface area (Å²) >= 11 is 5.85.